The van der Waals surface area contributed by atoms with Crippen molar-refractivity contribution in [2.75, 3.05) is 13.6 Å². The van der Waals surface area contributed by atoms with Crippen molar-refractivity contribution in [2.45, 2.75) is 51.6 Å². The monoisotopic (exact) mass is 239 g/mol. The minimum Gasteiger partial charge on any atom is -0.391 e. The number of likely N-dealkylation sites (N-methyl/N-ethyl adjacent to an activating group) is 1. The zero-order valence-corrected chi connectivity index (χ0v) is 11.1. The molecule has 1 atom stereocenters. The molecule has 0 aromatic carbocycles. The molecule has 3 heteroatoms. The van der Waals surface area contributed by atoms with Crippen molar-refractivity contribution in [1.82, 2.24) is 4.90 Å². The second kappa shape index (κ2) is 5.38. The first-order valence-corrected chi connectivity index (χ1v) is 7.01. The summed E-state index contributed by atoms with van der Waals surface area (Å²) in [5.41, 5.74) is 0. The van der Waals surface area contributed by atoms with Gasteiger partial charge in [0.25, 0.3) is 0 Å². The van der Waals surface area contributed by atoms with E-state index in [-0.39, 0.29) is 17.9 Å². The summed E-state index contributed by atoms with van der Waals surface area (Å²) in [7, 11) is 1.84. The Morgan fingerprint density at radius 1 is 1.24 bits per heavy atom. The van der Waals surface area contributed by atoms with E-state index in [0.29, 0.717) is 12.5 Å². The van der Waals surface area contributed by atoms with Gasteiger partial charge < -0.3 is 10.0 Å². The van der Waals surface area contributed by atoms with Crippen molar-refractivity contribution in [3.63, 3.8) is 0 Å². The molecule has 3 nitrogen and oxygen atoms in total. The molecule has 1 unspecified atom stereocenters. The fourth-order valence-electron chi connectivity index (χ4n) is 2.82. The van der Waals surface area contributed by atoms with Crippen LogP contribution in [0.1, 0.15) is 45.4 Å². The molecule has 0 bridgehead atoms. The molecule has 2 aliphatic rings. The van der Waals surface area contributed by atoms with Crippen molar-refractivity contribution in [2.24, 2.45) is 17.8 Å². The highest BCUT2D eigenvalue weighted by atomic mass is 16.3. The highest BCUT2D eigenvalue weighted by molar-refractivity contribution is 5.78. The normalized spacial score (nSPS) is 31.0. The molecule has 1 N–H and O–H groups in total. The number of carbonyl (C=O) groups excluding carboxylic acids is 1. The molecule has 98 valence electrons. The number of aliphatic hydroxyl groups is 1. The van der Waals surface area contributed by atoms with Crippen LogP contribution in [0, 0.1) is 17.8 Å². The van der Waals surface area contributed by atoms with Gasteiger partial charge >= 0.3 is 0 Å². The molecule has 2 saturated carbocycles. The SMILES string of the molecule is CC1CCC(C(=O)N(C)CC(O)C2CC2)CC1. The molecular formula is C14H25NO2. The molecule has 0 aliphatic heterocycles. The summed E-state index contributed by atoms with van der Waals surface area (Å²) in [6, 6.07) is 0. The molecule has 0 aromatic rings. The zero-order chi connectivity index (χ0) is 12.4. The maximum absolute atomic E-state index is 12.2. The van der Waals surface area contributed by atoms with Crippen LogP contribution in [0.3, 0.4) is 0 Å². The van der Waals surface area contributed by atoms with Crippen LogP contribution in [-0.2, 0) is 4.79 Å². The van der Waals surface area contributed by atoms with E-state index in [9.17, 15) is 9.90 Å². The Morgan fingerprint density at radius 2 is 1.82 bits per heavy atom. The molecule has 17 heavy (non-hydrogen) atoms. The van der Waals surface area contributed by atoms with Crippen LogP contribution in [0.2, 0.25) is 0 Å². The van der Waals surface area contributed by atoms with Gasteiger partial charge in [-0.05, 0) is 50.4 Å². The standard InChI is InChI=1S/C14H25NO2/c1-10-3-5-12(6-4-10)14(17)15(2)9-13(16)11-7-8-11/h10-13,16H,3-9H2,1-2H3. The molecule has 2 fully saturated rings. The van der Waals surface area contributed by atoms with Crippen molar-refractivity contribution >= 4 is 5.91 Å². The molecule has 2 aliphatic carbocycles. The highest BCUT2D eigenvalue weighted by Gasteiger charge is 2.33. The first-order valence-electron chi connectivity index (χ1n) is 7.01. The number of hydrogen-bond acceptors (Lipinski definition) is 2. The Bertz CT molecular complexity index is 267. The molecule has 0 aromatic heterocycles. The Balaban J connectivity index is 1.77. The average molecular weight is 239 g/mol. The van der Waals surface area contributed by atoms with E-state index in [2.05, 4.69) is 6.92 Å². The quantitative estimate of drug-likeness (QED) is 0.815. The summed E-state index contributed by atoms with van der Waals surface area (Å²) in [6.07, 6.45) is 6.37. The van der Waals surface area contributed by atoms with E-state index in [1.165, 1.54) is 12.8 Å². The third-order valence-electron chi connectivity index (χ3n) is 4.37. The molecule has 0 saturated heterocycles. The van der Waals surface area contributed by atoms with Crippen LogP contribution in [0.15, 0.2) is 0 Å². The largest absolute Gasteiger partial charge is 0.391 e. The van der Waals surface area contributed by atoms with Crippen LogP contribution in [0.25, 0.3) is 0 Å². The summed E-state index contributed by atoms with van der Waals surface area (Å²) in [4.78, 5) is 14.0. The van der Waals surface area contributed by atoms with Crippen LogP contribution in [-0.4, -0.2) is 35.6 Å². The summed E-state index contributed by atoms with van der Waals surface area (Å²) in [5.74, 6) is 1.69. The van der Waals surface area contributed by atoms with Crippen molar-refractivity contribution < 1.29 is 9.90 Å². The second-order valence-electron chi connectivity index (χ2n) is 6.08. The molecular weight excluding hydrogens is 214 g/mol. The van der Waals surface area contributed by atoms with E-state index >= 15 is 0 Å². The first kappa shape index (κ1) is 12.9. The zero-order valence-electron chi connectivity index (χ0n) is 11.1. The number of hydrogen-bond donors (Lipinski definition) is 1. The summed E-state index contributed by atoms with van der Waals surface area (Å²) in [6.45, 7) is 2.79. The average Bonchev–Trinajstić information content (AvgIpc) is 3.12. The lowest BCUT2D eigenvalue weighted by molar-refractivity contribution is -0.136. The van der Waals surface area contributed by atoms with Gasteiger partial charge in [0.15, 0.2) is 0 Å². The lowest BCUT2D eigenvalue weighted by Gasteiger charge is -2.30. The van der Waals surface area contributed by atoms with E-state index < -0.39 is 0 Å². The van der Waals surface area contributed by atoms with Gasteiger partial charge in [0.05, 0.1) is 6.10 Å². The Hall–Kier alpha value is -0.570. The second-order valence-corrected chi connectivity index (χ2v) is 6.08. The number of amides is 1. The molecule has 0 heterocycles. The number of nitrogens with zero attached hydrogens (tertiary/aromatic N) is 1. The maximum atomic E-state index is 12.2. The minimum absolute atomic E-state index is 0.211. The van der Waals surface area contributed by atoms with Crippen molar-refractivity contribution in [3.05, 3.63) is 0 Å². The molecule has 0 radical (unpaired) electrons. The lowest BCUT2D eigenvalue weighted by atomic mass is 9.82. The van der Waals surface area contributed by atoms with Gasteiger partial charge in [-0.25, -0.2) is 0 Å². The number of aliphatic hydroxyl groups excluding tert-OH is 1. The minimum atomic E-state index is -0.300. The summed E-state index contributed by atoms with van der Waals surface area (Å²) in [5, 5.41) is 9.85. The van der Waals surface area contributed by atoms with Crippen molar-refractivity contribution in [1.29, 1.82) is 0 Å². The fraction of sp³-hybridized carbons (Fsp3) is 0.929. The van der Waals surface area contributed by atoms with Gasteiger partial charge in [-0.2, -0.15) is 0 Å². The van der Waals surface area contributed by atoms with Crippen LogP contribution in [0.5, 0.6) is 0 Å². The van der Waals surface area contributed by atoms with Crippen LogP contribution in [0.4, 0.5) is 0 Å². The predicted molar refractivity (Wildman–Crippen MR) is 67.5 cm³/mol. The van der Waals surface area contributed by atoms with Crippen LogP contribution >= 0.6 is 0 Å². The highest BCUT2D eigenvalue weighted by Crippen LogP contribution is 2.33. The van der Waals surface area contributed by atoms with Gasteiger partial charge in [-0.3, -0.25) is 4.79 Å². The smallest absolute Gasteiger partial charge is 0.225 e. The topological polar surface area (TPSA) is 40.5 Å². The van der Waals surface area contributed by atoms with E-state index in [1.54, 1.807) is 4.90 Å². The van der Waals surface area contributed by atoms with Crippen LogP contribution < -0.4 is 0 Å². The van der Waals surface area contributed by atoms with E-state index in [1.807, 2.05) is 7.05 Å². The Labute approximate surface area is 104 Å². The number of carbonyl (C=O) groups is 1. The van der Waals surface area contributed by atoms with Gasteiger partial charge in [0, 0.05) is 19.5 Å². The van der Waals surface area contributed by atoms with Gasteiger partial charge in [0.1, 0.15) is 0 Å². The first-order chi connectivity index (χ1) is 8.08. The Morgan fingerprint density at radius 3 is 2.35 bits per heavy atom. The summed E-state index contributed by atoms with van der Waals surface area (Å²) >= 11 is 0. The molecule has 0 spiro atoms. The number of rotatable bonds is 4. The molecule has 1 amide bonds. The third-order valence-corrected chi connectivity index (χ3v) is 4.37. The maximum Gasteiger partial charge on any atom is 0.225 e. The van der Waals surface area contributed by atoms with Gasteiger partial charge in [0.2, 0.25) is 5.91 Å². The fourth-order valence-corrected chi connectivity index (χ4v) is 2.82. The predicted octanol–water partition coefficient (Wildman–Crippen LogP) is 2.04. The van der Waals surface area contributed by atoms with E-state index in [0.717, 1.165) is 31.6 Å². The lowest BCUT2D eigenvalue weighted by Crippen LogP contribution is -2.39. The van der Waals surface area contributed by atoms with Gasteiger partial charge in [-0.15, -0.1) is 0 Å². The van der Waals surface area contributed by atoms with Crippen molar-refractivity contribution in [3.8, 4) is 0 Å². The summed E-state index contributed by atoms with van der Waals surface area (Å²) < 4.78 is 0. The van der Waals surface area contributed by atoms with E-state index in [4.69, 9.17) is 0 Å². The Kier molecular flexibility index (Phi) is 4.08. The third kappa shape index (κ3) is 3.44. The molecule has 2 rings (SSSR count). The van der Waals surface area contributed by atoms with Gasteiger partial charge in [-0.1, -0.05) is 6.92 Å².